The molecule has 150 valence electrons. The number of benzene rings is 2. The summed E-state index contributed by atoms with van der Waals surface area (Å²) in [5.41, 5.74) is 1.42. The summed E-state index contributed by atoms with van der Waals surface area (Å²) in [7, 11) is 1.59. The van der Waals surface area contributed by atoms with Crippen LogP contribution >= 0.6 is 0 Å². The summed E-state index contributed by atoms with van der Waals surface area (Å²) in [6.45, 7) is 2.83. The first-order chi connectivity index (χ1) is 14.2. The molecule has 1 amide bonds. The van der Waals surface area contributed by atoms with E-state index >= 15 is 0 Å². The summed E-state index contributed by atoms with van der Waals surface area (Å²) >= 11 is 0. The van der Waals surface area contributed by atoms with Crippen LogP contribution in [0.25, 0.3) is 11.4 Å². The summed E-state index contributed by atoms with van der Waals surface area (Å²) < 4.78 is 11.2. The van der Waals surface area contributed by atoms with Gasteiger partial charge in [-0.1, -0.05) is 44.0 Å². The first kappa shape index (κ1) is 20.3. The van der Waals surface area contributed by atoms with E-state index in [1.54, 1.807) is 31.5 Å². The molecule has 29 heavy (non-hydrogen) atoms. The quantitative estimate of drug-likeness (QED) is 0.527. The minimum absolute atomic E-state index is 0.0678. The van der Waals surface area contributed by atoms with Gasteiger partial charge < -0.3 is 14.8 Å². The van der Waals surface area contributed by atoms with E-state index < -0.39 is 0 Å². The van der Waals surface area contributed by atoms with Gasteiger partial charge in [-0.3, -0.25) is 4.79 Å². The summed E-state index contributed by atoms with van der Waals surface area (Å²) in [6, 6.07) is 16.3. The monoisotopic (exact) mass is 391 g/mol. The van der Waals surface area contributed by atoms with Crippen molar-refractivity contribution in [2.45, 2.75) is 26.2 Å². The van der Waals surface area contributed by atoms with Gasteiger partial charge in [0.15, 0.2) is 17.3 Å². The van der Waals surface area contributed by atoms with E-state index in [4.69, 9.17) is 9.47 Å². The molecule has 3 rings (SSSR count). The second-order valence-corrected chi connectivity index (χ2v) is 6.51. The van der Waals surface area contributed by atoms with Gasteiger partial charge in [-0.15, -0.1) is 0 Å². The molecule has 0 atom stereocenters. The number of rotatable bonds is 9. The van der Waals surface area contributed by atoms with Crippen LogP contribution in [0.5, 0.6) is 17.4 Å². The fourth-order valence-electron chi connectivity index (χ4n) is 2.80. The molecular weight excluding hydrogens is 366 g/mol. The third-order valence-corrected chi connectivity index (χ3v) is 4.38. The van der Waals surface area contributed by atoms with Crippen molar-refractivity contribution in [1.29, 1.82) is 0 Å². The van der Waals surface area contributed by atoms with E-state index in [2.05, 4.69) is 22.2 Å². The molecule has 0 aliphatic rings. The summed E-state index contributed by atoms with van der Waals surface area (Å²) in [6.07, 6.45) is 4.88. The SMILES string of the molecule is CCCCCNC(=O)c1ccc(-c2nccc(Oc3ccccc3OC)n2)cc1. The number of carbonyl (C=O) groups excluding carboxylic acids is 1. The van der Waals surface area contributed by atoms with E-state index in [9.17, 15) is 4.79 Å². The standard InChI is InChI=1S/C23H25N3O3/c1-3-4-7-15-25-23(27)18-12-10-17(11-13-18)22-24-16-14-21(26-22)29-20-9-6-5-8-19(20)28-2/h5-6,8-14,16H,3-4,7,15H2,1-2H3,(H,25,27). The highest BCUT2D eigenvalue weighted by Gasteiger charge is 2.09. The molecule has 6 nitrogen and oxygen atoms in total. The first-order valence-corrected chi connectivity index (χ1v) is 9.74. The lowest BCUT2D eigenvalue weighted by Gasteiger charge is -2.10. The molecule has 1 heterocycles. The first-order valence-electron chi connectivity index (χ1n) is 9.74. The molecule has 0 fully saturated rings. The van der Waals surface area contributed by atoms with Gasteiger partial charge >= 0.3 is 0 Å². The Morgan fingerprint density at radius 3 is 2.48 bits per heavy atom. The highest BCUT2D eigenvalue weighted by atomic mass is 16.5. The zero-order valence-corrected chi connectivity index (χ0v) is 16.7. The largest absolute Gasteiger partial charge is 0.493 e. The Labute approximate surface area is 170 Å². The van der Waals surface area contributed by atoms with Gasteiger partial charge in [-0.25, -0.2) is 4.98 Å². The van der Waals surface area contributed by atoms with Crippen LogP contribution in [0.2, 0.25) is 0 Å². The van der Waals surface area contributed by atoms with Gasteiger partial charge in [0, 0.05) is 29.9 Å². The highest BCUT2D eigenvalue weighted by molar-refractivity contribution is 5.94. The number of ether oxygens (including phenoxy) is 2. The van der Waals surface area contributed by atoms with Crippen molar-refractivity contribution >= 4 is 5.91 Å². The van der Waals surface area contributed by atoms with Crippen molar-refractivity contribution in [1.82, 2.24) is 15.3 Å². The predicted molar refractivity (Wildman–Crippen MR) is 112 cm³/mol. The number of hydrogen-bond donors (Lipinski definition) is 1. The third kappa shape index (κ3) is 5.54. The van der Waals surface area contributed by atoms with E-state index in [1.165, 1.54) is 0 Å². The predicted octanol–water partition coefficient (Wildman–Crippen LogP) is 4.86. The van der Waals surface area contributed by atoms with Gasteiger partial charge in [0.25, 0.3) is 5.91 Å². The molecule has 3 aromatic rings. The molecule has 0 spiro atoms. The van der Waals surface area contributed by atoms with E-state index in [0.29, 0.717) is 35.3 Å². The van der Waals surface area contributed by atoms with E-state index in [-0.39, 0.29) is 5.91 Å². The second kappa shape index (κ2) is 10.2. The topological polar surface area (TPSA) is 73.3 Å². The Morgan fingerprint density at radius 2 is 1.76 bits per heavy atom. The van der Waals surface area contributed by atoms with E-state index in [1.807, 2.05) is 36.4 Å². The fraction of sp³-hybridized carbons (Fsp3) is 0.261. The minimum Gasteiger partial charge on any atom is -0.493 e. The van der Waals surface area contributed by atoms with Crippen molar-refractivity contribution < 1.29 is 14.3 Å². The molecule has 2 aromatic carbocycles. The Morgan fingerprint density at radius 1 is 1.00 bits per heavy atom. The maximum Gasteiger partial charge on any atom is 0.251 e. The molecule has 0 saturated heterocycles. The fourth-order valence-corrected chi connectivity index (χ4v) is 2.80. The van der Waals surface area contributed by atoms with Crippen molar-refractivity contribution in [3.63, 3.8) is 0 Å². The van der Waals surface area contributed by atoms with Crippen molar-refractivity contribution in [3.8, 4) is 28.8 Å². The lowest BCUT2D eigenvalue weighted by molar-refractivity contribution is 0.0953. The molecule has 0 aliphatic heterocycles. The number of unbranched alkanes of at least 4 members (excludes halogenated alkanes) is 2. The number of carbonyl (C=O) groups is 1. The smallest absolute Gasteiger partial charge is 0.251 e. The molecule has 1 N–H and O–H groups in total. The number of nitrogens with one attached hydrogen (secondary N) is 1. The summed E-state index contributed by atoms with van der Waals surface area (Å²) in [5.74, 6) is 2.07. The number of para-hydroxylation sites is 2. The lowest BCUT2D eigenvalue weighted by atomic mass is 10.1. The normalized spacial score (nSPS) is 10.4. The van der Waals surface area contributed by atoms with Crippen LogP contribution in [0.15, 0.2) is 60.8 Å². The van der Waals surface area contributed by atoms with Crippen LogP contribution < -0.4 is 14.8 Å². The lowest BCUT2D eigenvalue weighted by Crippen LogP contribution is -2.24. The Hall–Kier alpha value is -3.41. The Kier molecular flexibility index (Phi) is 7.16. The van der Waals surface area contributed by atoms with Crippen LogP contribution in [0, 0.1) is 0 Å². The number of methoxy groups -OCH3 is 1. The molecule has 0 aliphatic carbocycles. The molecule has 1 aromatic heterocycles. The average molecular weight is 391 g/mol. The van der Waals surface area contributed by atoms with Gasteiger partial charge in [0.05, 0.1) is 7.11 Å². The average Bonchev–Trinajstić information content (AvgIpc) is 2.77. The molecule has 0 bridgehead atoms. The van der Waals surface area contributed by atoms with E-state index in [0.717, 1.165) is 24.8 Å². The Balaban J connectivity index is 1.69. The van der Waals surface area contributed by atoms with Crippen LogP contribution in [-0.2, 0) is 0 Å². The number of aromatic nitrogens is 2. The van der Waals surface area contributed by atoms with Crippen LogP contribution in [0.3, 0.4) is 0 Å². The Bertz CT molecular complexity index is 942. The van der Waals surface area contributed by atoms with Crippen molar-refractivity contribution in [2.24, 2.45) is 0 Å². The highest BCUT2D eigenvalue weighted by Crippen LogP contribution is 2.30. The molecular formula is C23H25N3O3. The van der Waals surface area contributed by atoms with Gasteiger partial charge in [0.2, 0.25) is 5.88 Å². The van der Waals surface area contributed by atoms with Crippen LogP contribution in [0.1, 0.15) is 36.5 Å². The van der Waals surface area contributed by atoms with Gasteiger partial charge in [-0.05, 0) is 30.7 Å². The van der Waals surface area contributed by atoms with Crippen molar-refractivity contribution in [2.75, 3.05) is 13.7 Å². The molecule has 6 heteroatoms. The number of hydrogen-bond acceptors (Lipinski definition) is 5. The third-order valence-electron chi connectivity index (χ3n) is 4.38. The summed E-state index contributed by atoms with van der Waals surface area (Å²) in [4.78, 5) is 21.0. The van der Waals surface area contributed by atoms with Crippen LogP contribution in [0.4, 0.5) is 0 Å². The maximum absolute atomic E-state index is 12.2. The molecule has 0 saturated carbocycles. The van der Waals surface area contributed by atoms with Crippen LogP contribution in [-0.4, -0.2) is 29.5 Å². The zero-order chi connectivity index (χ0) is 20.5. The van der Waals surface area contributed by atoms with Gasteiger partial charge in [-0.2, -0.15) is 4.98 Å². The molecule has 0 radical (unpaired) electrons. The van der Waals surface area contributed by atoms with Crippen molar-refractivity contribution in [3.05, 3.63) is 66.4 Å². The minimum atomic E-state index is -0.0678. The molecule has 0 unspecified atom stereocenters. The second-order valence-electron chi connectivity index (χ2n) is 6.51. The number of nitrogens with zero attached hydrogens (tertiary/aromatic N) is 2. The van der Waals surface area contributed by atoms with Gasteiger partial charge in [0.1, 0.15) is 0 Å². The zero-order valence-electron chi connectivity index (χ0n) is 16.7. The maximum atomic E-state index is 12.2. The number of amides is 1. The summed E-state index contributed by atoms with van der Waals surface area (Å²) in [5, 5.41) is 2.94.